The maximum Gasteiger partial charge on any atom is 0.333 e. The van der Waals surface area contributed by atoms with E-state index in [0.717, 1.165) is 37.7 Å². The van der Waals surface area contributed by atoms with Gasteiger partial charge in [-0.15, -0.1) is 0 Å². The average Bonchev–Trinajstić information content (AvgIpc) is 2.41. The number of aryl methyl sites for hydroxylation is 1. The van der Waals surface area contributed by atoms with Crippen LogP contribution in [0.2, 0.25) is 0 Å². The molecule has 0 fully saturated rings. The number of ether oxygens (including phenoxy) is 1. The molecule has 0 aromatic heterocycles. The third-order valence-corrected chi connectivity index (χ3v) is 2.98. The zero-order valence-electron chi connectivity index (χ0n) is 11.9. The number of hydrogen-bond donors (Lipinski definition) is 2. The second-order valence-corrected chi connectivity index (χ2v) is 4.90. The highest BCUT2D eigenvalue weighted by atomic mass is 16.5. The van der Waals surface area contributed by atoms with Crippen LogP contribution in [0.3, 0.4) is 0 Å². The van der Waals surface area contributed by atoms with Crippen LogP contribution >= 0.6 is 0 Å². The second kappa shape index (κ2) is 8.25. The van der Waals surface area contributed by atoms with Crippen molar-refractivity contribution in [2.75, 3.05) is 6.61 Å². The van der Waals surface area contributed by atoms with E-state index in [9.17, 15) is 15.0 Å². The third-order valence-electron chi connectivity index (χ3n) is 2.98. The Balaban J connectivity index is 2.09. The van der Waals surface area contributed by atoms with E-state index in [0.29, 0.717) is 12.2 Å². The van der Waals surface area contributed by atoms with Gasteiger partial charge >= 0.3 is 5.97 Å². The van der Waals surface area contributed by atoms with Crippen molar-refractivity contribution < 1.29 is 19.7 Å². The summed E-state index contributed by atoms with van der Waals surface area (Å²) in [4.78, 5) is 11.1. The minimum atomic E-state index is -0.329. The predicted molar refractivity (Wildman–Crippen MR) is 77.7 cm³/mol. The normalized spacial score (nSPS) is 10.2. The van der Waals surface area contributed by atoms with Crippen LogP contribution < -0.4 is 0 Å². The van der Waals surface area contributed by atoms with Gasteiger partial charge in [0.15, 0.2) is 11.5 Å². The topological polar surface area (TPSA) is 66.8 Å². The van der Waals surface area contributed by atoms with Crippen molar-refractivity contribution in [2.24, 2.45) is 0 Å². The molecule has 1 rings (SSSR count). The molecule has 0 amide bonds. The van der Waals surface area contributed by atoms with Crippen LogP contribution in [0.15, 0.2) is 30.4 Å². The minimum absolute atomic E-state index is 0.0748. The molecular weight excluding hydrogens is 256 g/mol. The molecule has 0 aliphatic heterocycles. The molecule has 0 spiro atoms. The molecule has 0 atom stereocenters. The van der Waals surface area contributed by atoms with Crippen molar-refractivity contribution in [3.05, 3.63) is 35.9 Å². The standard InChI is InChI=1S/C16H22O4/c1-12(2)16(19)20-10-6-4-3-5-7-13-8-9-14(17)15(18)11-13/h8-9,11,17-18H,1,3-7,10H2,2H3. The van der Waals surface area contributed by atoms with Crippen LogP contribution in [0.25, 0.3) is 0 Å². The van der Waals surface area contributed by atoms with Gasteiger partial charge in [0.2, 0.25) is 0 Å². The van der Waals surface area contributed by atoms with Crippen LogP contribution in [0.1, 0.15) is 38.2 Å². The van der Waals surface area contributed by atoms with E-state index in [4.69, 9.17) is 4.74 Å². The molecule has 4 nitrogen and oxygen atoms in total. The van der Waals surface area contributed by atoms with Crippen molar-refractivity contribution in [2.45, 2.75) is 39.0 Å². The van der Waals surface area contributed by atoms with E-state index in [1.165, 1.54) is 6.07 Å². The lowest BCUT2D eigenvalue weighted by Gasteiger charge is -2.05. The first kappa shape index (κ1) is 16.1. The minimum Gasteiger partial charge on any atom is -0.504 e. The molecule has 0 heterocycles. The van der Waals surface area contributed by atoms with Gasteiger partial charge in [-0.25, -0.2) is 4.79 Å². The molecule has 0 radical (unpaired) electrons. The summed E-state index contributed by atoms with van der Waals surface area (Å²) < 4.78 is 5.00. The zero-order chi connectivity index (χ0) is 15.0. The van der Waals surface area contributed by atoms with E-state index in [2.05, 4.69) is 6.58 Å². The number of esters is 1. The molecule has 0 saturated carbocycles. The predicted octanol–water partition coefficient (Wildman–Crippen LogP) is 3.32. The number of unbranched alkanes of at least 4 members (excludes halogenated alkanes) is 3. The van der Waals surface area contributed by atoms with Crippen LogP contribution in [0.5, 0.6) is 11.5 Å². The van der Waals surface area contributed by atoms with Gasteiger partial charge in [0.05, 0.1) is 6.61 Å². The highest BCUT2D eigenvalue weighted by Gasteiger charge is 2.02. The van der Waals surface area contributed by atoms with Crippen LogP contribution in [-0.2, 0) is 16.0 Å². The highest BCUT2D eigenvalue weighted by Crippen LogP contribution is 2.25. The van der Waals surface area contributed by atoms with Crippen LogP contribution in [0, 0.1) is 0 Å². The SMILES string of the molecule is C=C(C)C(=O)OCCCCCCc1ccc(O)c(O)c1. The number of hydrogen-bond acceptors (Lipinski definition) is 4. The summed E-state index contributed by atoms with van der Waals surface area (Å²) in [6.45, 7) is 5.59. The molecule has 1 aromatic rings. The average molecular weight is 278 g/mol. The molecule has 0 aliphatic rings. The number of rotatable bonds is 8. The Morgan fingerprint density at radius 3 is 2.50 bits per heavy atom. The Morgan fingerprint density at radius 1 is 1.15 bits per heavy atom. The van der Waals surface area contributed by atoms with Crippen molar-refractivity contribution in [1.29, 1.82) is 0 Å². The van der Waals surface area contributed by atoms with Gasteiger partial charge in [0, 0.05) is 5.57 Å². The van der Waals surface area contributed by atoms with Gasteiger partial charge in [-0.05, 0) is 43.9 Å². The summed E-state index contributed by atoms with van der Waals surface area (Å²) in [7, 11) is 0. The summed E-state index contributed by atoms with van der Waals surface area (Å²) in [6, 6.07) is 4.90. The molecule has 0 unspecified atom stereocenters. The molecule has 20 heavy (non-hydrogen) atoms. The Kier molecular flexibility index (Phi) is 6.64. The Bertz CT molecular complexity index is 466. The van der Waals surface area contributed by atoms with Crippen molar-refractivity contribution in [3.8, 4) is 11.5 Å². The summed E-state index contributed by atoms with van der Waals surface area (Å²) in [5.74, 6) is -0.494. The lowest BCUT2D eigenvalue weighted by atomic mass is 10.1. The van der Waals surface area contributed by atoms with E-state index < -0.39 is 0 Å². The molecule has 4 heteroatoms. The first-order valence-corrected chi connectivity index (χ1v) is 6.84. The maximum atomic E-state index is 11.1. The van der Waals surface area contributed by atoms with Gasteiger partial charge in [-0.1, -0.05) is 25.5 Å². The number of carbonyl (C=O) groups is 1. The highest BCUT2D eigenvalue weighted by molar-refractivity contribution is 5.86. The largest absolute Gasteiger partial charge is 0.504 e. The summed E-state index contributed by atoms with van der Waals surface area (Å²) in [6.07, 6.45) is 4.73. The number of carbonyl (C=O) groups excluding carboxylic acids is 1. The monoisotopic (exact) mass is 278 g/mol. The summed E-state index contributed by atoms with van der Waals surface area (Å²) in [5, 5.41) is 18.6. The van der Waals surface area contributed by atoms with Gasteiger partial charge in [0.1, 0.15) is 0 Å². The van der Waals surface area contributed by atoms with Gasteiger partial charge in [0.25, 0.3) is 0 Å². The summed E-state index contributed by atoms with van der Waals surface area (Å²) in [5.41, 5.74) is 1.44. The van der Waals surface area contributed by atoms with Gasteiger partial charge < -0.3 is 14.9 Å². The fourth-order valence-electron chi connectivity index (χ4n) is 1.80. The molecular formula is C16H22O4. The fraction of sp³-hybridized carbons (Fsp3) is 0.438. The molecule has 0 bridgehead atoms. The van der Waals surface area contributed by atoms with E-state index >= 15 is 0 Å². The van der Waals surface area contributed by atoms with E-state index in [-0.39, 0.29) is 17.5 Å². The maximum absolute atomic E-state index is 11.1. The Hall–Kier alpha value is -1.97. The fourth-order valence-corrected chi connectivity index (χ4v) is 1.80. The first-order chi connectivity index (χ1) is 9.50. The van der Waals surface area contributed by atoms with Crippen molar-refractivity contribution in [3.63, 3.8) is 0 Å². The first-order valence-electron chi connectivity index (χ1n) is 6.84. The van der Waals surface area contributed by atoms with E-state index in [1.807, 2.05) is 6.07 Å². The molecule has 1 aromatic carbocycles. The number of aromatic hydroxyl groups is 2. The van der Waals surface area contributed by atoms with Gasteiger partial charge in [-0.2, -0.15) is 0 Å². The number of benzene rings is 1. The van der Waals surface area contributed by atoms with E-state index in [1.54, 1.807) is 13.0 Å². The molecule has 0 aliphatic carbocycles. The summed E-state index contributed by atoms with van der Waals surface area (Å²) >= 11 is 0. The second-order valence-electron chi connectivity index (χ2n) is 4.90. The smallest absolute Gasteiger partial charge is 0.333 e. The Labute approximate surface area is 119 Å². The molecule has 0 saturated heterocycles. The number of phenolic OH excluding ortho intramolecular Hbond substituents is 2. The van der Waals surface area contributed by atoms with Gasteiger partial charge in [-0.3, -0.25) is 0 Å². The number of phenols is 2. The lowest BCUT2D eigenvalue weighted by Crippen LogP contribution is -2.06. The molecule has 2 N–H and O–H groups in total. The Morgan fingerprint density at radius 2 is 1.85 bits per heavy atom. The van der Waals surface area contributed by atoms with Crippen molar-refractivity contribution >= 4 is 5.97 Å². The van der Waals surface area contributed by atoms with Crippen LogP contribution in [-0.4, -0.2) is 22.8 Å². The van der Waals surface area contributed by atoms with Crippen molar-refractivity contribution in [1.82, 2.24) is 0 Å². The quantitative estimate of drug-likeness (QED) is 0.331. The third kappa shape index (κ3) is 5.78. The molecule has 110 valence electrons. The lowest BCUT2D eigenvalue weighted by molar-refractivity contribution is -0.139. The zero-order valence-corrected chi connectivity index (χ0v) is 11.9. The van der Waals surface area contributed by atoms with Crippen LogP contribution in [0.4, 0.5) is 0 Å².